The molecule has 2 nitrogen and oxygen atoms in total. The summed E-state index contributed by atoms with van der Waals surface area (Å²) in [5, 5.41) is 0. The molecular weight excluding hydrogens is 254 g/mol. The van der Waals surface area contributed by atoms with Gasteiger partial charge in [-0.2, -0.15) is 0 Å². The van der Waals surface area contributed by atoms with Crippen LogP contribution in [0.3, 0.4) is 0 Å². The Hall–Kier alpha value is -0.540. The van der Waals surface area contributed by atoms with Gasteiger partial charge in [0.25, 0.3) is 0 Å². The standard InChI is InChI=1S/C12H18BrNO/c1-8(2)9(3)15-7-10-4-11(13)6-12(14)5-10/h4-6,8-9H,7,14H2,1-3H3. The largest absolute Gasteiger partial charge is 0.399 e. The molecule has 0 saturated heterocycles. The molecule has 0 bridgehead atoms. The number of halogens is 1. The van der Waals surface area contributed by atoms with Crippen LogP contribution in [0.4, 0.5) is 5.69 Å². The lowest BCUT2D eigenvalue weighted by molar-refractivity contribution is 0.0235. The highest BCUT2D eigenvalue weighted by molar-refractivity contribution is 9.10. The molecule has 1 aromatic carbocycles. The number of nitrogen functional groups attached to an aromatic ring is 1. The summed E-state index contributed by atoms with van der Waals surface area (Å²) in [6.45, 7) is 7.01. The molecule has 1 unspecified atom stereocenters. The van der Waals surface area contributed by atoms with Crippen LogP contribution in [0.15, 0.2) is 22.7 Å². The van der Waals surface area contributed by atoms with Crippen LogP contribution in [0.1, 0.15) is 26.3 Å². The molecule has 1 rings (SSSR count). The molecule has 1 aromatic rings. The Kier molecular flexibility index (Phi) is 4.61. The SMILES string of the molecule is CC(C)C(C)OCc1cc(N)cc(Br)c1. The Balaban J connectivity index is 2.57. The average Bonchev–Trinajstić information content (AvgIpc) is 2.12. The number of rotatable bonds is 4. The quantitative estimate of drug-likeness (QED) is 0.850. The molecule has 0 aliphatic carbocycles. The summed E-state index contributed by atoms with van der Waals surface area (Å²) in [6, 6.07) is 5.86. The van der Waals surface area contributed by atoms with Crippen molar-refractivity contribution in [2.75, 3.05) is 5.73 Å². The summed E-state index contributed by atoms with van der Waals surface area (Å²) in [5.41, 5.74) is 7.61. The van der Waals surface area contributed by atoms with E-state index in [2.05, 4.69) is 36.7 Å². The number of nitrogens with two attached hydrogens (primary N) is 1. The van der Waals surface area contributed by atoms with Crippen LogP contribution < -0.4 is 5.73 Å². The predicted molar refractivity (Wildman–Crippen MR) is 67.6 cm³/mol. The highest BCUT2D eigenvalue weighted by Gasteiger charge is 2.07. The third-order valence-electron chi connectivity index (χ3n) is 2.43. The van der Waals surface area contributed by atoms with Gasteiger partial charge in [-0.3, -0.25) is 0 Å². The van der Waals surface area contributed by atoms with Crippen molar-refractivity contribution in [3.63, 3.8) is 0 Å². The van der Waals surface area contributed by atoms with Crippen molar-refractivity contribution in [1.29, 1.82) is 0 Å². The number of anilines is 1. The summed E-state index contributed by atoms with van der Waals surface area (Å²) in [6.07, 6.45) is 0.269. The Labute approximate surface area is 99.9 Å². The maximum Gasteiger partial charge on any atom is 0.0721 e. The molecule has 0 aliphatic rings. The van der Waals surface area contributed by atoms with Gasteiger partial charge < -0.3 is 10.5 Å². The van der Waals surface area contributed by atoms with Gasteiger partial charge >= 0.3 is 0 Å². The van der Waals surface area contributed by atoms with E-state index in [1.807, 2.05) is 18.2 Å². The Morgan fingerprint density at radius 1 is 1.27 bits per heavy atom. The third kappa shape index (κ3) is 4.22. The van der Waals surface area contributed by atoms with E-state index < -0.39 is 0 Å². The molecule has 0 radical (unpaired) electrons. The second-order valence-corrected chi connectivity index (χ2v) is 5.07. The van der Waals surface area contributed by atoms with Gasteiger partial charge in [0.1, 0.15) is 0 Å². The molecule has 84 valence electrons. The summed E-state index contributed by atoms with van der Waals surface area (Å²) in [4.78, 5) is 0. The van der Waals surface area contributed by atoms with Crippen molar-refractivity contribution in [1.82, 2.24) is 0 Å². The summed E-state index contributed by atoms with van der Waals surface area (Å²) < 4.78 is 6.72. The maximum absolute atomic E-state index is 5.74. The summed E-state index contributed by atoms with van der Waals surface area (Å²) in [7, 11) is 0. The van der Waals surface area contributed by atoms with E-state index in [1.165, 1.54) is 0 Å². The molecule has 0 aromatic heterocycles. The first kappa shape index (κ1) is 12.5. The number of hydrogen-bond donors (Lipinski definition) is 1. The van der Waals surface area contributed by atoms with E-state index in [-0.39, 0.29) is 6.10 Å². The van der Waals surface area contributed by atoms with Crippen LogP contribution in [0.2, 0.25) is 0 Å². The van der Waals surface area contributed by atoms with E-state index >= 15 is 0 Å². The first-order valence-corrected chi connectivity index (χ1v) is 5.95. The molecule has 2 N–H and O–H groups in total. The van der Waals surface area contributed by atoms with Gasteiger partial charge in [0.15, 0.2) is 0 Å². The molecule has 1 atom stereocenters. The van der Waals surface area contributed by atoms with Crippen molar-refractivity contribution in [3.05, 3.63) is 28.2 Å². The second kappa shape index (κ2) is 5.52. The van der Waals surface area contributed by atoms with Gasteiger partial charge in [-0.05, 0) is 36.6 Å². The zero-order valence-electron chi connectivity index (χ0n) is 9.46. The molecule has 3 heteroatoms. The van der Waals surface area contributed by atoms with E-state index in [4.69, 9.17) is 10.5 Å². The third-order valence-corrected chi connectivity index (χ3v) is 2.89. The lowest BCUT2D eigenvalue weighted by atomic mass is 10.1. The fourth-order valence-corrected chi connectivity index (χ4v) is 1.74. The zero-order valence-corrected chi connectivity index (χ0v) is 11.0. The molecule has 15 heavy (non-hydrogen) atoms. The summed E-state index contributed by atoms with van der Waals surface area (Å²) in [5.74, 6) is 0.537. The van der Waals surface area contributed by atoms with Crippen LogP contribution >= 0.6 is 15.9 Å². The van der Waals surface area contributed by atoms with Crippen molar-refractivity contribution in [3.8, 4) is 0 Å². The van der Waals surface area contributed by atoms with Crippen LogP contribution in [0.5, 0.6) is 0 Å². The van der Waals surface area contributed by atoms with Gasteiger partial charge in [-0.1, -0.05) is 29.8 Å². The van der Waals surface area contributed by atoms with Crippen molar-refractivity contribution >= 4 is 21.6 Å². The zero-order chi connectivity index (χ0) is 11.4. The smallest absolute Gasteiger partial charge is 0.0721 e. The first-order chi connectivity index (χ1) is 6.99. The van der Waals surface area contributed by atoms with Crippen LogP contribution in [0, 0.1) is 5.92 Å². The number of ether oxygens (including phenoxy) is 1. The van der Waals surface area contributed by atoms with Crippen LogP contribution in [-0.2, 0) is 11.3 Å². The number of benzene rings is 1. The average molecular weight is 272 g/mol. The van der Waals surface area contributed by atoms with Gasteiger partial charge in [0.2, 0.25) is 0 Å². The van der Waals surface area contributed by atoms with E-state index in [1.54, 1.807) is 0 Å². The molecular formula is C12H18BrNO. The van der Waals surface area contributed by atoms with Gasteiger partial charge in [0, 0.05) is 10.2 Å². The highest BCUT2D eigenvalue weighted by atomic mass is 79.9. The lowest BCUT2D eigenvalue weighted by Crippen LogP contribution is -2.15. The van der Waals surface area contributed by atoms with E-state index in [0.717, 1.165) is 15.7 Å². The van der Waals surface area contributed by atoms with Crippen molar-refractivity contribution in [2.24, 2.45) is 5.92 Å². The minimum Gasteiger partial charge on any atom is -0.399 e. The molecule has 0 aliphatic heterocycles. The van der Waals surface area contributed by atoms with Crippen molar-refractivity contribution in [2.45, 2.75) is 33.5 Å². The Bertz CT molecular complexity index is 305. The molecule has 0 heterocycles. The fourth-order valence-electron chi connectivity index (χ4n) is 1.18. The Morgan fingerprint density at radius 2 is 1.93 bits per heavy atom. The minimum absolute atomic E-state index is 0.269. The first-order valence-electron chi connectivity index (χ1n) is 5.15. The van der Waals surface area contributed by atoms with Gasteiger partial charge in [-0.25, -0.2) is 0 Å². The minimum atomic E-state index is 0.269. The van der Waals surface area contributed by atoms with Gasteiger partial charge in [0.05, 0.1) is 12.7 Å². The maximum atomic E-state index is 5.74. The normalized spacial score (nSPS) is 13.1. The topological polar surface area (TPSA) is 35.2 Å². The van der Waals surface area contributed by atoms with Crippen molar-refractivity contribution < 1.29 is 4.74 Å². The van der Waals surface area contributed by atoms with E-state index in [9.17, 15) is 0 Å². The molecule has 0 spiro atoms. The number of hydrogen-bond acceptors (Lipinski definition) is 2. The molecule has 0 fully saturated rings. The molecule has 0 saturated carbocycles. The Morgan fingerprint density at radius 3 is 2.47 bits per heavy atom. The highest BCUT2D eigenvalue weighted by Crippen LogP contribution is 2.19. The fraction of sp³-hybridized carbons (Fsp3) is 0.500. The second-order valence-electron chi connectivity index (χ2n) is 4.15. The lowest BCUT2D eigenvalue weighted by Gasteiger charge is -2.16. The molecule has 0 amide bonds. The van der Waals surface area contributed by atoms with Gasteiger partial charge in [-0.15, -0.1) is 0 Å². The predicted octanol–water partition coefficient (Wildman–Crippen LogP) is 3.59. The van der Waals surface area contributed by atoms with Crippen LogP contribution in [0.25, 0.3) is 0 Å². The summed E-state index contributed by atoms with van der Waals surface area (Å²) >= 11 is 3.41. The van der Waals surface area contributed by atoms with Crippen LogP contribution in [-0.4, -0.2) is 6.10 Å². The monoisotopic (exact) mass is 271 g/mol. The van der Waals surface area contributed by atoms with E-state index in [0.29, 0.717) is 12.5 Å².